The van der Waals surface area contributed by atoms with Crippen molar-refractivity contribution in [2.75, 3.05) is 0 Å². The second-order valence-electron chi connectivity index (χ2n) is 4.66. The Kier molecular flexibility index (Phi) is 3.66. The maximum Gasteiger partial charge on any atom is 0.335 e. The molecule has 110 valence electrons. The number of benzene rings is 1. The van der Waals surface area contributed by atoms with E-state index in [4.69, 9.17) is 9.22 Å². The molecule has 0 unspecified atom stereocenters. The number of carbonyl (C=O) groups is 2. The third-order valence-corrected chi connectivity index (χ3v) is 3.21. The molecule has 0 amide bonds. The van der Waals surface area contributed by atoms with Gasteiger partial charge in [-0.25, -0.2) is 9.78 Å². The molecule has 0 radical (unpaired) electrons. The van der Waals surface area contributed by atoms with Gasteiger partial charge in [-0.15, -0.1) is 0 Å². The van der Waals surface area contributed by atoms with E-state index >= 15 is 0 Å². The van der Waals surface area contributed by atoms with Gasteiger partial charge in [0.05, 0.1) is 11.8 Å². The molecule has 0 aliphatic rings. The summed E-state index contributed by atoms with van der Waals surface area (Å²) < 4.78 is 23.4. The second-order valence-corrected chi connectivity index (χ2v) is 4.66. The normalized spacial score (nSPS) is 13.2. The molecule has 5 nitrogen and oxygen atoms in total. The van der Waals surface area contributed by atoms with Crippen LogP contribution in [0.2, 0.25) is 0 Å². The average Bonchev–Trinajstić information content (AvgIpc) is 2.88. The third kappa shape index (κ3) is 3.56. The van der Waals surface area contributed by atoms with E-state index in [1.807, 2.05) is 0 Å². The summed E-state index contributed by atoms with van der Waals surface area (Å²) in [4.78, 5) is 26.3. The van der Waals surface area contributed by atoms with Gasteiger partial charge in [-0.1, -0.05) is 25.4 Å². The van der Waals surface area contributed by atoms with E-state index in [0.29, 0.717) is 37.2 Å². The van der Waals surface area contributed by atoms with E-state index in [9.17, 15) is 9.59 Å². The standard InChI is InChI=1S/C16H18N2O3/c1-2-3-4-15-17-9-14(11-19)18(15)10-12-5-7-13(8-6-12)16(20)21/h5-9,11H,2-4,10H2,1H3,(H,20,21)/i1D3. The van der Waals surface area contributed by atoms with Crippen molar-refractivity contribution in [2.45, 2.75) is 32.7 Å². The highest BCUT2D eigenvalue weighted by atomic mass is 16.4. The first kappa shape index (κ1) is 11.3. The van der Waals surface area contributed by atoms with Gasteiger partial charge >= 0.3 is 5.97 Å². The van der Waals surface area contributed by atoms with Crippen LogP contribution in [0.1, 0.15) is 56.0 Å². The molecule has 0 saturated heterocycles. The molecule has 0 fully saturated rings. The molecule has 0 saturated carbocycles. The SMILES string of the molecule is [2H]C([2H])([2H])CCCc1ncc(C=O)n1Cc1ccc(C(=O)O)cc1. The average molecular weight is 289 g/mol. The Hall–Kier alpha value is -2.43. The minimum atomic E-state index is -1.97. The van der Waals surface area contributed by atoms with Crippen LogP contribution in [-0.4, -0.2) is 26.9 Å². The molecule has 2 rings (SSSR count). The number of hydrogen-bond donors (Lipinski definition) is 1. The highest BCUT2D eigenvalue weighted by Gasteiger charge is 2.10. The van der Waals surface area contributed by atoms with Crippen molar-refractivity contribution in [1.29, 1.82) is 0 Å². The van der Waals surface area contributed by atoms with Crippen LogP contribution >= 0.6 is 0 Å². The predicted octanol–water partition coefficient (Wildman–Crippen LogP) is 2.78. The first-order chi connectivity index (χ1) is 11.3. The topological polar surface area (TPSA) is 72.2 Å². The Labute approximate surface area is 127 Å². The predicted molar refractivity (Wildman–Crippen MR) is 78.7 cm³/mol. The number of rotatable bonds is 7. The molecule has 0 bridgehead atoms. The molecular weight excluding hydrogens is 268 g/mol. The van der Waals surface area contributed by atoms with Crippen LogP contribution in [0.15, 0.2) is 30.5 Å². The van der Waals surface area contributed by atoms with Gasteiger partial charge in [0.25, 0.3) is 0 Å². The Morgan fingerprint density at radius 2 is 2.19 bits per heavy atom. The van der Waals surface area contributed by atoms with Gasteiger partial charge in [-0.2, -0.15) is 0 Å². The van der Waals surface area contributed by atoms with E-state index in [1.54, 1.807) is 16.7 Å². The maximum absolute atomic E-state index is 11.2. The molecule has 0 aliphatic heterocycles. The number of nitrogens with zero attached hydrogens (tertiary/aromatic N) is 2. The summed E-state index contributed by atoms with van der Waals surface area (Å²) in [5.74, 6) is -0.355. The maximum atomic E-state index is 11.2. The zero-order valence-corrected chi connectivity index (χ0v) is 11.5. The van der Waals surface area contributed by atoms with E-state index in [2.05, 4.69) is 4.98 Å². The van der Waals surface area contributed by atoms with Gasteiger partial charge in [0.2, 0.25) is 0 Å². The van der Waals surface area contributed by atoms with Crippen molar-refractivity contribution < 1.29 is 18.8 Å². The smallest absolute Gasteiger partial charge is 0.335 e. The molecule has 2 aromatic rings. The molecule has 1 N–H and O–H groups in total. The molecule has 1 aromatic heterocycles. The fourth-order valence-corrected chi connectivity index (χ4v) is 2.09. The monoisotopic (exact) mass is 289 g/mol. The molecule has 21 heavy (non-hydrogen) atoms. The summed E-state index contributed by atoms with van der Waals surface area (Å²) in [7, 11) is 0. The number of aromatic nitrogens is 2. The quantitative estimate of drug-likeness (QED) is 0.795. The minimum Gasteiger partial charge on any atom is -0.478 e. The number of carbonyl (C=O) groups excluding carboxylic acids is 1. The Morgan fingerprint density at radius 3 is 2.81 bits per heavy atom. The summed E-state index contributed by atoms with van der Waals surface area (Å²) in [6.07, 6.45) is 3.15. The summed E-state index contributed by atoms with van der Waals surface area (Å²) in [5.41, 5.74) is 1.43. The zero-order valence-electron chi connectivity index (χ0n) is 14.5. The molecule has 5 heteroatoms. The fraction of sp³-hybridized carbons (Fsp3) is 0.312. The highest BCUT2D eigenvalue weighted by Crippen LogP contribution is 2.12. The molecule has 1 aromatic carbocycles. The lowest BCUT2D eigenvalue weighted by Crippen LogP contribution is -2.09. The van der Waals surface area contributed by atoms with Crippen LogP contribution in [0.25, 0.3) is 0 Å². The van der Waals surface area contributed by atoms with Gasteiger partial charge < -0.3 is 9.67 Å². The lowest BCUT2D eigenvalue weighted by atomic mass is 10.1. The molecule has 0 aliphatic carbocycles. The number of hydrogen-bond acceptors (Lipinski definition) is 3. The van der Waals surface area contributed by atoms with Gasteiger partial charge in [-0.3, -0.25) is 4.79 Å². The van der Waals surface area contributed by atoms with Crippen molar-refractivity contribution in [3.63, 3.8) is 0 Å². The van der Waals surface area contributed by atoms with E-state index in [0.717, 1.165) is 5.56 Å². The number of aryl methyl sites for hydroxylation is 1. The van der Waals surface area contributed by atoms with Crippen molar-refractivity contribution in [3.05, 3.63) is 53.1 Å². The number of aldehydes is 1. The first-order valence-corrected chi connectivity index (χ1v) is 6.62. The Morgan fingerprint density at radius 1 is 1.43 bits per heavy atom. The molecule has 0 atom stereocenters. The van der Waals surface area contributed by atoms with Crippen LogP contribution < -0.4 is 0 Å². The minimum absolute atomic E-state index is 0.0869. The largest absolute Gasteiger partial charge is 0.478 e. The molecule has 1 heterocycles. The summed E-state index contributed by atoms with van der Waals surface area (Å²) in [6.45, 7) is -1.60. The Bertz CT molecular complexity index is 721. The summed E-state index contributed by atoms with van der Waals surface area (Å²) >= 11 is 0. The number of aromatic carboxylic acids is 1. The first-order valence-electron chi connectivity index (χ1n) is 8.12. The number of carboxylic acids is 1. The fourth-order valence-electron chi connectivity index (χ4n) is 2.09. The summed E-state index contributed by atoms with van der Waals surface area (Å²) in [5, 5.41) is 8.91. The van der Waals surface area contributed by atoms with Gasteiger partial charge in [-0.05, 0) is 24.1 Å². The van der Waals surface area contributed by atoms with Crippen molar-refractivity contribution in [2.24, 2.45) is 0 Å². The van der Waals surface area contributed by atoms with E-state index < -0.39 is 12.8 Å². The second kappa shape index (κ2) is 6.83. The van der Waals surface area contributed by atoms with Crippen molar-refractivity contribution in [1.82, 2.24) is 9.55 Å². The van der Waals surface area contributed by atoms with Crippen molar-refractivity contribution >= 4 is 12.3 Å². The zero-order chi connectivity index (χ0) is 17.7. The van der Waals surface area contributed by atoms with E-state index in [1.165, 1.54) is 18.3 Å². The molecular formula is C16H18N2O3. The molecule has 0 spiro atoms. The van der Waals surface area contributed by atoms with Gasteiger partial charge in [0, 0.05) is 17.1 Å². The van der Waals surface area contributed by atoms with Crippen LogP contribution in [0.3, 0.4) is 0 Å². The number of carboxylic acid groups (broad SMARTS) is 1. The van der Waals surface area contributed by atoms with Crippen LogP contribution in [0, 0.1) is 0 Å². The highest BCUT2D eigenvalue weighted by molar-refractivity contribution is 5.87. The lowest BCUT2D eigenvalue weighted by molar-refractivity contribution is 0.0696. The van der Waals surface area contributed by atoms with Crippen LogP contribution in [-0.2, 0) is 13.0 Å². The number of imidazole rings is 1. The van der Waals surface area contributed by atoms with Gasteiger partial charge in [0.1, 0.15) is 11.5 Å². The lowest BCUT2D eigenvalue weighted by Gasteiger charge is -2.10. The summed E-state index contributed by atoms with van der Waals surface area (Å²) in [6, 6.07) is 6.38. The van der Waals surface area contributed by atoms with Crippen LogP contribution in [0.5, 0.6) is 0 Å². The van der Waals surface area contributed by atoms with Crippen LogP contribution in [0.4, 0.5) is 0 Å². The third-order valence-electron chi connectivity index (χ3n) is 3.21. The van der Waals surface area contributed by atoms with E-state index in [-0.39, 0.29) is 12.0 Å². The van der Waals surface area contributed by atoms with Crippen molar-refractivity contribution in [3.8, 4) is 0 Å². The van der Waals surface area contributed by atoms with Gasteiger partial charge in [0.15, 0.2) is 6.29 Å². The Balaban J connectivity index is 2.14.